The molecule has 2 N–H and O–H groups in total. The largest absolute Gasteiger partial charge is 0.377 e. The lowest BCUT2D eigenvalue weighted by molar-refractivity contribution is 0.0665. The molecule has 0 aliphatic carbocycles. The molecule has 7 heteroatoms. The highest BCUT2D eigenvalue weighted by atomic mass is 35.5. The molecular weight excluding hydrogens is 274 g/mol. The minimum Gasteiger partial charge on any atom is -0.377 e. The third-order valence-corrected chi connectivity index (χ3v) is 3.52. The van der Waals surface area contributed by atoms with Gasteiger partial charge in [-0.25, -0.2) is 0 Å². The highest BCUT2D eigenvalue weighted by molar-refractivity contribution is 7.14. The predicted molar refractivity (Wildman–Crippen MR) is 70.6 cm³/mol. The molecule has 2 heterocycles. The van der Waals surface area contributed by atoms with E-state index in [9.17, 15) is 0 Å². The first-order chi connectivity index (χ1) is 8.58. The number of aromatic nitrogens is 2. The maximum atomic E-state index is 5.99. The number of rotatable bonds is 5. The second-order valence-corrected chi connectivity index (χ2v) is 5.37. The van der Waals surface area contributed by atoms with Crippen molar-refractivity contribution in [2.24, 2.45) is 5.73 Å². The molecule has 0 fully saturated rings. The standard InChI is InChI=1S/C11H14ClN3O2S/c1-6(2)16-5-8(13)10-14-11(17-15-10)9-7(12)3-4-18-9/h3-4,6,8H,5,13H2,1-2H3. The van der Waals surface area contributed by atoms with Crippen molar-refractivity contribution in [3.05, 3.63) is 22.3 Å². The van der Waals surface area contributed by atoms with Gasteiger partial charge in [0, 0.05) is 0 Å². The highest BCUT2D eigenvalue weighted by Gasteiger charge is 2.18. The van der Waals surface area contributed by atoms with E-state index in [1.165, 1.54) is 11.3 Å². The molecule has 2 aromatic heterocycles. The molecule has 2 rings (SSSR count). The number of thiophene rings is 1. The van der Waals surface area contributed by atoms with Crippen LogP contribution in [0.1, 0.15) is 25.7 Å². The van der Waals surface area contributed by atoms with E-state index in [4.69, 9.17) is 26.6 Å². The smallest absolute Gasteiger partial charge is 0.269 e. The summed E-state index contributed by atoms with van der Waals surface area (Å²) in [5.74, 6) is 0.820. The molecule has 2 aromatic rings. The zero-order valence-corrected chi connectivity index (χ0v) is 11.7. The van der Waals surface area contributed by atoms with Crippen LogP contribution in [0.4, 0.5) is 0 Å². The predicted octanol–water partition coefficient (Wildman–Crippen LogP) is 2.88. The fourth-order valence-electron chi connectivity index (χ4n) is 1.29. The van der Waals surface area contributed by atoms with Crippen LogP contribution in [0.15, 0.2) is 16.0 Å². The van der Waals surface area contributed by atoms with Crippen LogP contribution in [0.3, 0.4) is 0 Å². The van der Waals surface area contributed by atoms with Crippen LogP contribution < -0.4 is 5.73 Å². The van der Waals surface area contributed by atoms with E-state index in [0.717, 1.165) is 4.88 Å². The van der Waals surface area contributed by atoms with Gasteiger partial charge in [-0.15, -0.1) is 11.3 Å². The molecule has 0 radical (unpaired) electrons. The monoisotopic (exact) mass is 287 g/mol. The van der Waals surface area contributed by atoms with Gasteiger partial charge in [-0.1, -0.05) is 16.8 Å². The van der Waals surface area contributed by atoms with Gasteiger partial charge in [0.05, 0.1) is 23.8 Å². The van der Waals surface area contributed by atoms with E-state index >= 15 is 0 Å². The Morgan fingerprint density at radius 1 is 1.56 bits per heavy atom. The van der Waals surface area contributed by atoms with Crippen molar-refractivity contribution in [1.29, 1.82) is 0 Å². The molecule has 0 aliphatic heterocycles. The number of halogens is 1. The molecule has 5 nitrogen and oxygen atoms in total. The van der Waals surface area contributed by atoms with Gasteiger partial charge >= 0.3 is 0 Å². The summed E-state index contributed by atoms with van der Waals surface area (Å²) < 4.78 is 10.6. The SMILES string of the molecule is CC(C)OCC(N)c1noc(-c2sccc2Cl)n1. The zero-order chi connectivity index (χ0) is 13.1. The first-order valence-electron chi connectivity index (χ1n) is 5.52. The van der Waals surface area contributed by atoms with Crippen LogP contribution in [0.5, 0.6) is 0 Å². The van der Waals surface area contributed by atoms with Crippen LogP contribution in [0.25, 0.3) is 10.8 Å². The topological polar surface area (TPSA) is 74.2 Å². The summed E-state index contributed by atoms with van der Waals surface area (Å²) in [5, 5.41) is 6.31. The normalized spacial score (nSPS) is 13.2. The minimum atomic E-state index is -0.399. The van der Waals surface area contributed by atoms with Crippen LogP contribution in [-0.2, 0) is 4.74 Å². The number of hydrogen-bond donors (Lipinski definition) is 1. The Labute approximate surface area is 114 Å². The number of hydrogen-bond acceptors (Lipinski definition) is 6. The Morgan fingerprint density at radius 2 is 2.33 bits per heavy atom. The van der Waals surface area contributed by atoms with Crippen LogP contribution in [0, 0.1) is 0 Å². The van der Waals surface area contributed by atoms with Gasteiger partial charge < -0.3 is 15.0 Å². The maximum Gasteiger partial charge on any atom is 0.269 e. The third kappa shape index (κ3) is 3.08. The molecule has 0 amide bonds. The number of nitrogens with zero attached hydrogens (tertiary/aromatic N) is 2. The number of ether oxygens (including phenoxy) is 1. The fraction of sp³-hybridized carbons (Fsp3) is 0.455. The Hall–Kier alpha value is -0.950. The van der Waals surface area contributed by atoms with Gasteiger partial charge in [-0.05, 0) is 25.3 Å². The molecule has 0 aromatic carbocycles. The van der Waals surface area contributed by atoms with Crippen molar-refractivity contribution in [2.75, 3.05) is 6.61 Å². The van der Waals surface area contributed by atoms with E-state index in [-0.39, 0.29) is 6.10 Å². The minimum absolute atomic E-state index is 0.120. The molecular formula is C11H14ClN3O2S. The van der Waals surface area contributed by atoms with Gasteiger partial charge in [0.25, 0.3) is 5.89 Å². The van der Waals surface area contributed by atoms with E-state index in [0.29, 0.717) is 23.3 Å². The molecule has 0 saturated heterocycles. The first-order valence-corrected chi connectivity index (χ1v) is 6.78. The van der Waals surface area contributed by atoms with Gasteiger partial charge in [0.1, 0.15) is 4.88 Å². The maximum absolute atomic E-state index is 5.99. The van der Waals surface area contributed by atoms with Gasteiger partial charge in [-0.2, -0.15) is 4.98 Å². The molecule has 0 bridgehead atoms. The molecule has 1 atom stereocenters. The van der Waals surface area contributed by atoms with Gasteiger partial charge in [0.15, 0.2) is 5.82 Å². The Kier molecular flexibility index (Phi) is 4.34. The molecule has 1 unspecified atom stereocenters. The number of nitrogens with two attached hydrogens (primary N) is 1. The van der Waals surface area contributed by atoms with Gasteiger partial charge in [0.2, 0.25) is 0 Å². The summed E-state index contributed by atoms with van der Waals surface area (Å²) in [6.45, 7) is 4.24. The zero-order valence-electron chi connectivity index (χ0n) is 10.1. The van der Waals surface area contributed by atoms with E-state index in [1.54, 1.807) is 6.07 Å². The van der Waals surface area contributed by atoms with Crippen LogP contribution in [-0.4, -0.2) is 22.9 Å². The van der Waals surface area contributed by atoms with Crippen molar-refractivity contribution in [3.63, 3.8) is 0 Å². The second kappa shape index (κ2) is 5.79. The Bertz CT molecular complexity index is 512. The molecule has 98 valence electrons. The first kappa shape index (κ1) is 13.5. The van der Waals surface area contributed by atoms with Crippen molar-refractivity contribution in [2.45, 2.75) is 26.0 Å². The molecule has 0 saturated carbocycles. The summed E-state index contributed by atoms with van der Waals surface area (Å²) in [6, 6.07) is 1.39. The third-order valence-electron chi connectivity index (χ3n) is 2.19. The average Bonchev–Trinajstić information content (AvgIpc) is 2.93. The Morgan fingerprint density at radius 3 is 2.94 bits per heavy atom. The van der Waals surface area contributed by atoms with E-state index in [1.807, 2.05) is 19.2 Å². The summed E-state index contributed by atoms with van der Waals surface area (Å²) in [5.41, 5.74) is 5.91. The van der Waals surface area contributed by atoms with Crippen molar-refractivity contribution in [3.8, 4) is 10.8 Å². The van der Waals surface area contributed by atoms with Gasteiger partial charge in [-0.3, -0.25) is 0 Å². The molecule has 0 spiro atoms. The highest BCUT2D eigenvalue weighted by Crippen LogP contribution is 2.32. The summed E-state index contributed by atoms with van der Waals surface area (Å²) in [7, 11) is 0. The lowest BCUT2D eigenvalue weighted by atomic mass is 10.3. The average molecular weight is 288 g/mol. The molecule has 18 heavy (non-hydrogen) atoms. The second-order valence-electron chi connectivity index (χ2n) is 4.04. The summed E-state index contributed by atoms with van der Waals surface area (Å²) >= 11 is 7.44. The van der Waals surface area contributed by atoms with E-state index < -0.39 is 6.04 Å². The fourth-order valence-corrected chi connectivity index (χ4v) is 2.35. The quantitative estimate of drug-likeness (QED) is 0.915. The van der Waals surface area contributed by atoms with Crippen molar-refractivity contribution < 1.29 is 9.26 Å². The van der Waals surface area contributed by atoms with Crippen LogP contribution in [0.2, 0.25) is 5.02 Å². The van der Waals surface area contributed by atoms with E-state index in [2.05, 4.69) is 10.1 Å². The van der Waals surface area contributed by atoms with Crippen LogP contribution >= 0.6 is 22.9 Å². The lowest BCUT2D eigenvalue weighted by Gasteiger charge is -2.10. The lowest BCUT2D eigenvalue weighted by Crippen LogP contribution is -2.20. The summed E-state index contributed by atoms with van der Waals surface area (Å²) in [4.78, 5) is 4.99. The Balaban J connectivity index is 2.08. The molecule has 0 aliphatic rings. The van der Waals surface area contributed by atoms with Crippen molar-refractivity contribution in [1.82, 2.24) is 10.1 Å². The summed E-state index contributed by atoms with van der Waals surface area (Å²) in [6.07, 6.45) is 0.120. The van der Waals surface area contributed by atoms with Crippen molar-refractivity contribution >= 4 is 22.9 Å².